The molecule has 1 N–H and O–H groups in total. The van der Waals surface area contributed by atoms with Gasteiger partial charge in [0.1, 0.15) is 0 Å². The van der Waals surface area contributed by atoms with E-state index in [0.717, 1.165) is 32.1 Å². The van der Waals surface area contributed by atoms with E-state index < -0.39 is 11.2 Å². The highest BCUT2D eigenvalue weighted by molar-refractivity contribution is 5.93. The molecule has 174 valence electrons. The van der Waals surface area contributed by atoms with Gasteiger partial charge in [-0.1, -0.05) is 24.6 Å². The first-order valence-corrected chi connectivity index (χ1v) is 12.3. The molecule has 1 aromatic carbocycles. The summed E-state index contributed by atoms with van der Waals surface area (Å²) in [5.74, 6) is 5.72. The Kier molecular flexibility index (Phi) is 5.54. The third kappa shape index (κ3) is 3.49. The average molecular weight is 446 g/mol. The molecule has 33 heavy (non-hydrogen) atoms. The summed E-state index contributed by atoms with van der Waals surface area (Å²) < 4.78 is 6.02. The molecule has 5 rings (SSSR count). The Morgan fingerprint density at radius 2 is 1.88 bits per heavy atom. The lowest BCUT2D eigenvalue weighted by Gasteiger charge is -2.59. The number of carbonyl (C=O) groups excluding carboxylic acids is 1. The topological polar surface area (TPSA) is 49.8 Å². The molecule has 1 saturated carbocycles. The van der Waals surface area contributed by atoms with Crippen molar-refractivity contribution >= 4 is 11.5 Å². The van der Waals surface area contributed by atoms with Gasteiger partial charge in [-0.3, -0.25) is 4.79 Å². The van der Waals surface area contributed by atoms with E-state index in [2.05, 4.69) is 62.0 Å². The summed E-state index contributed by atoms with van der Waals surface area (Å²) in [5.41, 5.74) is 6.20. The Morgan fingerprint density at radius 3 is 2.58 bits per heavy atom. The minimum atomic E-state index is -1.43. The second-order valence-corrected chi connectivity index (χ2v) is 10.6. The van der Waals surface area contributed by atoms with Gasteiger partial charge < -0.3 is 14.7 Å². The molecule has 0 aromatic heterocycles. The molecule has 0 radical (unpaired) electrons. The van der Waals surface area contributed by atoms with Crippen LogP contribution in [0.5, 0.6) is 0 Å². The maximum absolute atomic E-state index is 12.2. The third-order valence-corrected chi connectivity index (χ3v) is 8.74. The maximum atomic E-state index is 12.2. The largest absolute Gasteiger partial charge is 0.378 e. The summed E-state index contributed by atoms with van der Waals surface area (Å²) in [6.45, 7) is 4.51. The fourth-order valence-corrected chi connectivity index (χ4v) is 7.08. The van der Waals surface area contributed by atoms with Crippen LogP contribution in [0.2, 0.25) is 0 Å². The Morgan fingerprint density at radius 1 is 1.12 bits per heavy atom. The molecule has 0 bridgehead atoms. The van der Waals surface area contributed by atoms with Crippen molar-refractivity contribution in [3.05, 3.63) is 52.6 Å². The smallest absolute Gasteiger partial charge is 0.236 e. The zero-order valence-electron chi connectivity index (χ0n) is 20.3. The highest BCUT2D eigenvalue weighted by Crippen LogP contribution is 2.64. The Balaban J connectivity index is 1.68. The molecular formula is C29H35NO3. The number of hydrogen-bond acceptors (Lipinski definition) is 4. The zero-order chi connectivity index (χ0) is 23.4. The summed E-state index contributed by atoms with van der Waals surface area (Å²) in [5, 5.41) is 11.7. The van der Waals surface area contributed by atoms with E-state index >= 15 is 0 Å². The standard InChI is InChI=1S/C29H35NO3/c1-5-15-29(32)28(2)18-25(19-6-9-21(10-7-19)30(3)4)27-23-13-11-22(31)17-20(23)8-12-24(27)26(28)14-16-33-29/h6-7,9-10,17,24-26,32H,8,11-14,16,18H2,1-4H3/t24-,25?,26-,28-,29+/m0/s1. The predicted octanol–water partition coefficient (Wildman–Crippen LogP) is 4.99. The molecule has 0 amide bonds. The van der Waals surface area contributed by atoms with Crippen LogP contribution in [0.3, 0.4) is 0 Å². The van der Waals surface area contributed by atoms with Crippen LogP contribution in [0, 0.1) is 29.1 Å². The number of allylic oxidation sites excluding steroid dienone is 4. The molecule has 4 nitrogen and oxygen atoms in total. The number of fused-ring (bicyclic) bond motifs is 4. The Labute approximate surface area is 197 Å². The lowest BCUT2D eigenvalue weighted by atomic mass is 9.49. The Hall–Kier alpha value is -2.35. The van der Waals surface area contributed by atoms with E-state index in [1.807, 2.05) is 6.08 Å². The number of rotatable bonds is 2. The van der Waals surface area contributed by atoms with Crippen LogP contribution < -0.4 is 4.90 Å². The van der Waals surface area contributed by atoms with Gasteiger partial charge in [-0.2, -0.15) is 0 Å². The van der Waals surface area contributed by atoms with Gasteiger partial charge in [-0.25, -0.2) is 0 Å². The summed E-state index contributed by atoms with van der Waals surface area (Å²) in [6, 6.07) is 8.86. The SMILES string of the molecule is CC#C[C@@]1(O)OCC[C@H]2[C@@H]3CCC4=CC(=O)CCC4=C3C(c3ccc(N(C)C)cc3)C[C@@]21C. The van der Waals surface area contributed by atoms with Gasteiger partial charge in [0, 0.05) is 37.5 Å². The number of nitrogens with zero attached hydrogens (tertiary/aromatic N) is 1. The van der Waals surface area contributed by atoms with E-state index in [9.17, 15) is 9.90 Å². The van der Waals surface area contributed by atoms with Crippen molar-refractivity contribution in [2.24, 2.45) is 17.3 Å². The van der Waals surface area contributed by atoms with Crippen LogP contribution in [0.4, 0.5) is 5.69 Å². The normalized spacial score (nSPS) is 35.5. The minimum absolute atomic E-state index is 0.186. The van der Waals surface area contributed by atoms with Crippen LogP contribution in [0.15, 0.2) is 47.1 Å². The van der Waals surface area contributed by atoms with Gasteiger partial charge in [-0.15, -0.1) is 5.92 Å². The molecule has 2 fully saturated rings. The number of ketones is 1. The fourth-order valence-electron chi connectivity index (χ4n) is 7.08. The van der Waals surface area contributed by atoms with Crippen molar-refractivity contribution in [3.63, 3.8) is 0 Å². The van der Waals surface area contributed by atoms with Crippen LogP contribution in [-0.4, -0.2) is 37.4 Å². The molecule has 4 aliphatic rings. The number of hydrogen-bond donors (Lipinski definition) is 1. The average Bonchev–Trinajstić information content (AvgIpc) is 2.79. The van der Waals surface area contributed by atoms with Gasteiger partial charge in [0.25, 0.3) is 0 Å². The summed E-state index contributed by atoms with van der Waals surface area (Å²) in [7, 11) is 4.12. The summed E-state index contributed by atoms with van der Waals surface area (Å²) in [4.78, 5) is 14.3. The summed E-state index contributed by atoms with van der Waals surface area (Å²) >= 11 is 0. The van der Waals surface area contributed by atoms with Gasteiger partial charge >= 0.3 is 0 Å². The zero-order valence-corrected chi connectivity index (χ0v) is 20.3. The van der Waals surface area contributed by atoms with Crippen molar-refractivity contribution in [2.75, 3.05) is 25.6 Å². The molecule has 1 aliphatic heterocycles. The first kappa shape index (κ1) is 22.4. The first-order chi connectivity index (χ1) is 15.8. The highest BCUT2D eigenvalue weighted by atomic mass is 16.6. The van der Waals surface area contributed by atoms with Crippen molar-refractivity contribution in [1.29, 1.82) is 0 Å². The molecule has 4 heteroatoms. The molecule has 1 unspecified atom stereocenters. The van der Waals surface area contributed by atoms with Crippen molar-refractivity contribution in [1.82, 2.24) is 0 Å². The van der Waals surface area contributed by atoms with Crippen LogP contribution in [0.1, 0.15) is 63.9 Å². The van der Waals surface area contributed by atoms with Crippen molar-refractivity contribution in [2.45, 2.75) is 64.1 Å². The van der Waals surface area contributed by atoms with Crippen LogP contribution in [0.25, 0.3) is 0 Å². The number of anilines is 1. The predicted molar refractivity (Wildman–Crippen MR) is 131 cm³/mol. The van der Waals surface area contributed by atoms with Crippen LogP contribution >= 0.6 is 0 Å². The van der Waals surface area contributed by atoms with Gasteiger partial charge in [0.15, 0.2) is 5.78 Å². The summed E-state index contributed by atoms with van der Waals surface area (Å²) in [6.07, 6.45) is 7.08. The monoisotopic (exact) mass is 445 g/mol. The van der Waals surface area contributed by atoms with E-state index in [0.29, 0.717) is 24.9 Å². The molecule has 1 saturated heterocycles. The minimum Gasteiger partial charge on any atom is -0.378 e. The van der Waals surface area contributed by atoms with Crippen LogP contribution in [-0.2, 0) is 9.53 Å². The second kappa shape index (κ2) is 8.15. The molecule has 1 heterocycles. The van der Waals surface area contributed by atoms with E-state index in [4.69, 9.17) is 4.74 Å². The number of carbonyl (C=O) groups is 1. The van der Waals surface area contributed by atoms with E-state index in [-0.39, 0.29) is 11.7 Å². The number of benzene rings is 1. The molecule has 3 aliphatic carbocycles. The highest BCUT2D eigenvalue weighted by Gasteiger charge is 2.61. The fraction of sp³-hybridized carbons (Fsp3) is 0.552. The van der Waals surface area contributed by atoms with Gasteiger partial charge in [-0.05, 0) is 91.7 Å². The van der Waals surface area contributed by atoms with Crippen molar-refractivity contribution < 1.29 is 14.6 Å². The number of aliphatic hydroxyl groups is 1. The Bertz CT molecular complexity index is 1090. The van der Waals surface area contributed by atoms with Crippen molar-refractivity contribution in [3.8, 4) is 11.8 Å². The molecule has 1 aromatic rings. The molecule has 0 spiro atoms. The van der Waals surface area contributed by atoms with E-state index in [1.165, 1.54) is 28.0 Å². The molecule has 5 atom stereocenters. The lowest BCUT2D eigenvalue weighted by molar-refractivity contribution is -0.285. The maximum Gasteiger partial charge on any atom is 0.236 e. The first-order valence-electron chi connectivity index (χ1n) is 12.3. The second-order valence-electron chi connectivity index (χ2n) is 10.6. The van der Waals surface area contributed by atoms with E-state index in [1.54, 1.807) is 6.92 Å². The van der Waals surface area contributed by atoms with Gasteiger partial charge in [0.2, 0.25) is 5.79 Å². The molecular weight excluding hydrogens is 410 g/mol. The third-order valence-electron chi connectivity index (χ3n) is 8.74. The lowest BCUT2D eigenvalue weighted by Crippen LogP contribution is -2.60. The quantitative estimate of drug-likeness (QED) is 0.652. The number of ether oxygens (including phenoxy) is 1. The van der Waals surface area contributed by atoms with Gasteiger partial charge in [0.05, 0.1) is 6.61 Å².